The maximum atomic E-state index is 12.1. The summed E-state index contributed by atoms with van der Waals surface area (Å²) in [6.45, 7) is -0.673. The molecule has 11 heavy (non-hydrogen) atoms. The molecule has 1 nitrogen and oxygen atoms in total. The molecule has 0 N–H and O–H groups in total. The SMILES string of the molecule is O=[C]C(CF)c1ccccc1. The van der Waals surface area contributed by atoms with Crippen molar-refractivity contribution < 1.29 is 9.18 Å². The van der Waals surface area contributed by atoms with Crippen LogP contribution in [0.4, 0.5) is 4.39 Å². The maximum Gasteiger partial charge on any atom is 0.209 e. The number of alkyl halides is 1. The molecule has 1 aromatic rings. The highest BCUT2D eigenvalue weighted by molar-refractivity contribution is 5.62. The second-order valence-electron chi connectivity index (χ2n) is 2.24. The van der Waals surface area contributed by atoms with Crippen LogP contribution in [0.15, 0.2) is 30.3 Å². The second-order valence-corrected chi connectivity index (χ2v) is 2.24. The van der Waals surface area contributed by atoms with Gasteiger partial charge in [0.15, 0.2) is 0 Å². The zero-order valence-electron chi connectivity index (χ0n) is 5.96. The third-order valence-electron chi connectivity index (χ3n) is 1.50. The van der Waals surface area contributed by atoms with Gasteiger partial charge in [0.1, 0.15) is 6.67 Å². The van der Waals surface area contributed by atoms with Crippen LogP contribution < -0.4 is 0 Å². The summed E-state index contributed by atoms with van der Waals surface area (Å²) in [4.78, 5) is 10.2. The molecule has 0 heterocycles. The first-order valence-electron chi connectivity index (χ1n) is 3.37. The Bertz CT molecular complexity index is 220. The molecule has 1 rings (SSSR count). The summed E-state index contributed by atoms with van der Waals surface area (Å²) in [5.41, 5.74) is 0.685. The zero-order valence-corrected chi connectivity index (χ0v) is 5.96. The van der Waals surface area contributed by atoms with E-state index in [4.69, 9.17) is 0 Å². The predicted octanol–water partition coefficient (Wildman–Crippen LogP) is 1.85. The maximum absolute atomic E-state index is 12.1. The van der Waals surface area contributed by atoms with E-state index in [1.54, 1.807) is 30.6 Å². The Hall–Kier alpha value is -1.18. The van der Waals surface area contributed by atoms with Crippen LogP contribution in [0, 0.1) is 0 Å². The van der Waals surface area contributed by atoms with E-state index in [2.05, 4.69) is 0 Å². The van der Waals surface area contributed by atoms with E-state index in [1.807, 2.05) is 6.07 Å². The predicted molar refractivity (Wildman–Crippen MR) is 40.9 cm³/mol. The molecule has 57 valence electrons. The lowest BCUT2D eigenvalue weighted by Crippen LogP contribution is -2.01. The van der Waals surface area contributed by atoms with Crippen molar-refractivity contribution in [3.8, 4) is 0 Å². The first-order chi connectivity index (χ1) is 5.38. The van der Waals surface area contributed by atoms with Gasteiger partial charge in [-0.1, -0.05) is 30.3 Å². The smallest absolute Gasteiger partial charge is 0.209 e. The van der Waals surface area contributed by atoms with Crippen molar-refractivity contribution in [1.29, 1.82) is 0 Å². The highest BCUT2D eigenvalue weighted by Gasteiger charge is 2.08. The van der Waals surface area contributed by atoms with Crippen LogP contribution in [0.25, 0.3) is 0 Å². The van der Waals surface area contributed by atoms with Crippen LogP contribution in [0.5, 0.6) is 0 Å². The topological polar surface area (TPSA) is 17.1 Å². The number of hydrogen-bond donors (Lipinski definition) is 0. The van der Waals surface area contributed by atoms with E-state index < -0.39 is 12.6 Å². The molecule has 1 unspecified atom stereocenters. The van der Waals surface area contributed by atoms with Crippen LogP contribution in [0.2, 0.25) is 0 Å². The van der Waals surface area contributed by atoms with Crippen LogP contribution in [0.3, 0.4) is 0 Å². The highest BCUT2D eigenvalue weighted by Crippen LogP contribution is 2.12. The van der Waals surface area contributed by atoms with Gasteiger partial charge in [-0.15, -0.1) is 0 Å². The molecule has 0 spiro atoms. The summed E-state index contributed by atoms with van der Waals surface area (Å²) < 4.78 is 12.1. The molecule has 0 amide bonds. The average molecular weight is 151 g/mol. The van der Waals surface area contributed by atoms with Gasteiger partial charge in [0.25, 0.3) is 0 Å². The standard InChI is InChI=1S/C9H8FO/c10-6-9(7-11)8-4-2-1-3-5-8/h1-5,9H,6H2. The van der Waals surface area contributed by atoms with E-state index in [-0.39, 0.29) is 0 Å². The largest absolute Gasteiger partial charge is 0.290 e. The number of benzene rings is 1. The molecule has 2 heteroatoms. The molecule has 1 aromatic carbocycles. The fourth-order valence-electron chi connectivity index (χ4n) is 0.874. The normalized spacial score (nSPS) is 12.5. The Morgan fingerprint density at radius 3 is 2.45 bits per heavy atom. The lowest BCUT2D eigenvalue weighted by molar-refractivity contribution is 0.457. The molecule has 0 fully saturated rings. The number of rotatable bonds is 3. The summed E-state index contributed by atoms with van der Waals surface area (Å²) in [5, 5.41) is 0. The summed E-state index contributed by atoms with van der Waals surface area (Å²) in [5.74, 6) is -0.712. The minimum Gasteiger partial charge on any atom is -0.290 e. The van der Waals surface area contributed by atoms with Crippen molar-refractivity contribution in [2.75, 3.05) is 6.67 Å². The van der Waals surface area contributed by atoms with Gasteiger partial charge in [-0.2, -0.15) is 0 Å². The van der Waals surface area contributed by atoms with Crippen LogP contribution in [-0.4, -0.2) is 13.0 Å². The minimum absolute atomic E-state index is 0.673. The second kappa shape index (κ2) is 3.86. The van der Waals surface area contributed by atoms with Crippen LogP contribution >= 0.6 is 0 Å². The van der Waals surface area contributed by atoms with Gasteiger partial charge >= 0.3 is 0 Å². The highest BCUT2D eigenvalue weighted by atomic mass is 19.1. The van der Waals surface area contributed by atoms with Gasteiger partial charge in [-0.25, -0.2) is 4.39 Å². The van der Waals surface area contributed by atoms with Gasteiger partial charge in [-0.3, -0.25) is 4.79 Å². The van der Waals surface area contributed by atoms with Crippen molar-refractivity contribution >= 4 is 6.29 Å². The van der Waals surface area contributed by atoms with Crippen LogP contribution in [0.1, 0.15) is 11.5 Å². The molecule has 0 aliphatic heterocycles. The van der Waals surface area contributed by atoms with E-state index in [9.17, 15) is 9.18 Å². The average Bonchev–Trinajstić information content (AvgIpc) is 2.09. The molecule has 0 aromatic heterocycles. The molecular formula is C9H8FO. The first kappa shape index (κ1) is 7.92. The Balaban J connectivity index is 2.82. The third-order valence-corrected chi connectivity index (χ3v) is 1.50. The number of halogens is 1. The van der Waals surface area contributed by atoms with Gasteiger partial charge in [0.05, 0.1) is 5.92 Å². The fraction of sp³-hybridized carbons (Fsp3) is 0.222. The monoisotopic (exact) mass is 151 g/mol. The summed E-state index contributed by atoms with van der Waals surface area (Å²) in [7, 11) is 0. The Morgan fingerprint density at radius 2 is 2.00 bits per heavy atom. The van der Waals surface area contributed by atoms with Crippen molar-refractivity contribution in [1.82, 2.24) is 0 Å². The lowest BCUT2D eigenvalue weighted by atomic mass is 10.0. The van der Waals surface area contributed by atoms with Gasteiger partial charge in [-0.05, 0) is 5.56 Å². The number of hydrogen-bond acceptors (Lipinski definition) is 1. The fourth-order valence-corrected chi connectivity index (χ4v) is 0.874. The molecule has 0 saturated carbocycles. The zero-order chi connectivity index (χ0) is 8.10. The molecule has 0 saturated heterocycles. The summed E-state index contributed by atoms with van der Waals surface area (Å²) >= 11 is 0. The van der Waals surface area contributed by atoms with Gasteiger partial charge in [0, 0.05) is 0 Å². The first-order valence-corrected chi connectivity index (χ1v) is 3.37. The molecule has 1 radical (unpaired) electrons. The molecule has 0 bridgehead atoms. The summed E-state index contributed by atoms with van der Waals surface area (Å²) in [6.07, 6.45) is 1.64. The molecule has 1 atom stereocenters. The van der Waals surface area contributed by atoms with Gasteiger partial charge < -0.3 is 0 Å². The Labute approximate surface area is 64.9 Å². The van der Waals surface area contributed by atoms with E-state index in [1.165, 1.54) is 0 Å². The van der Waals surface area contributed by atoms with Crippen molar-refractivity contribution in [3.63, 3.8) is 0 Å². The van der Waals surface area contributed by atoms with E-state index in [0.29, 0.717) is 5.56 Å². The third kappa shape index (κ3) is 1.87. The molecule has 0 aliphatic rings. The number of carbonyl (C=O) groups excluding carboxylic acids is 1. The molecule has 0 aliphatic carbocycles. The van der Waals surface area contributed by atoms with E-state index >= 15 is 0 Å². The minimum atomic E-state index is -0.712. The molecular weight excluding hydrogens is 143 g/mol. The quantitative estimate of drug-likeness (QED) is 0.644. The van der Waals surface area contributed by atoms with Crippen molar-refractivity contribution in [3.05, 3.63) is 35.9 Å². The Morgan fingerprint density at radius 1 is 1.36 bits per heavy atom. The van der Waals surface area contributed by atoms with Crippen molar-refractivity contribution in [2.24, 2.45) is 0 Å². The lowest BCUT2D eigenvalue weighted by Gasteiger charge is -2.02. The van der Waals surface area contributed by atoms with Crippen LogP contribution in [-0.2, 0) is 4.79 Å². The van der Waals surface area contributed by atoms with Crippen molar-refractivity contribution in [2.45, 2.75) is 5.92 Å². The Kier molecular flexibility index (Phi) is 2.78. The van der Waals surface area contributed by atoms with E-state index in [0.717, 1.165) is 0 Å². The van der Waals surface area contributed by atoms with Gasteiger partial charge in [0.2, 0.25) is 6.29 Å². The summed E-state index contributed by atoms with van der Waals surface area (Å²) in [6, 6.07) is 8.80.